The largest absolute Gasteiger partial charge is 0.472 e. The number of carbonyl (C=O) groups excluding carboxylic acids is 1. The Morgan fingerprint density at radius 1 is 1.62 bits per heavy atom. The summed E-state index contributed by atoms with van der Waals surface area (Å²) in [6.45, 7) is 1.57. The third kappa shape index (κ3) is 2.64. The van der Waals surface area contributed by atoms with E-state index in [1.165, 1.54) is 6.42 Å². The van der Waals surface area contributed by atoms with Gasteiger partial charge in [-0.3, -0.25) is 4.79 Å². The van der Waals surface area contributed by atoms with Crippen LogP contribution in [0.5, 0.6) is 0 Å². The fourth-order valence-corrected chi connectivity index (χ4v) is 2.06. The van der Waals surface area contributed by atoms with Crippen molar-refractivity contribution >= 4 is 5.91 Å². The maximum atomic E-state index is 12.1. The number of rotatable bonds is 3. The number of likely N-dealkylation sites (N-methyl/N-ethyl adjacent to an activating group) is 1. The van der Waals surface area contributed by atoms with E-state index in [2.05, 4.69) is 5.32 Å². The predicted molar refractivity (Wildman–Crippen MR) is 60.8 cm³/mol. The molecule has 0 unspecified atom stereocenters. The molecule has 1 fully saturated rings. The van der Waals surface area contributed by atoms with Gasteiger partial charge in [-0.1, -0.05) is 6.42 Å². The first-order valence-corrected chi connectivity index (χ1v) is 5.77. The quantitative estimate of drug-likeness (QED) is 0.840. The third-order valence-corrected chi connectivity index (χ3v) is 2.98. The van der Waals surface area contributed by atoms with Crippen LogP contribution in [0.3, 0.4) is 0 Å². The molecule has 0 spiro atoms. The predicted octanol–water partition coefficient (Wildman–Crippen LogP) is 1.38. The van der Waals surface area contributed by atoms with Gasteiger partial charge in [-0.05, 0) is 25.5 Å². The Kier molecular flexibility index (Phi) is 3.62. The maximum absolute atomic E-state index is 12.1. The lowest BCUT2D eigenvalue weighted by molar-refractivity contribution is -0.133. The lowest BCUT2D eigenvalue weighted by Crippen LogP contribution is -2.46. The van der Waals surface area contributed by atoms with E-state index >= 15 is 0 Å². The fourth-order valence-electron chi connectivity index (χ4n) is 2.06. The Hall–Kier alpha value is -1.29. The first-order valence-electron chi connectivity index (χ1n) is 5.77. The number of hydrogen-bond donors (Lipinski definition) is 1. The van der Waals surface area contributed by atoms with Crippen molar-refractivity contribution in [1.29, 1.82) is 0 Å². The minimum atomic E-state index is 0.00523. The van der Waals surface area contributed by atoms with Gasteiger partial charge in [0, 0.05) is 19.2 Å². The summed E-state index contributed by atoms with van der Waals surface area (Å²) in [4.78, 5) is 13.8. The molecule has 2 heterocycles. The summed E-state index contributed by atoms with van der Waals surface area (Å²) < 4.78 is 4.99. The first kappa shape index (κ1) is 11.2. The van der Waals surface area contributed by atoms with Crippen LogP contribution >= 0.6 is 0 Å². The molecule has 0 aromatic carbocycles. The van der Waals surface area contributed by atoms with Crippen molar-refractivity contribution in [1.82, 2.24) is 10.2 Å². The molecule has 1 N–H and O–H groups in total. The summed E-state index contributed by atoms with van der Waals surface area (Å²) in [6, 6.07) is 1.89. The summed E-state index contributed by atoms with van der Waals surface area (Å²) >= 11 is 0. The van der Waals surface area contributed by atoms with Gasteiger partial charge in [-0.2, -0.15) is 0 Å². The van der Waals surface area contributed by atoms with Crippen molar-refractivity contribution in [2.45, 2.75) is 31.8 Å². The summed E-state index contributed by atoms with van der Waals surface area (Å²) in [5.41, 5.74) is 1.03. The van der Waals surface area contributed by atoms with Crippen LogP contribution in [0.15, 0.2) is 23.0 Å². The second-order valence-electron chi connectivity index (χ2n) is 4.33. The molecule has 1 amide bonds. The zero-order valence-corrected chi connectivity index (χ0v) is 9.61. The fraction of sp³-hybridized carbons (Fsp3) is 0.583. The monoisotopic (exact) mass is 222 g/mol. The van der Waals surface area contributed by atoms with Gasteiger partial charge in [0.15, 0.2) is 0 Å². The average molecular weight is 222 g/mol. The lowest BCUT2D eigenvalue weighted by Gasteiger charge is -2.27. The van der Waals surface area contributed by atoms with Crippen LogP contribution in [0.4, 0.5) is 0 Å². The molecule has 1 aromatic heterocycles. The number of carbonyl (C=O) groups is 1. The molecule has 0 bridgehead atoms. The van der Waals surface area contributed by atoms with E-state index in [-0.39, 0.29) is 11.9 Å². The van der Waals surface area contributed by atoms with Crippen molar-refractivity contribution in [2.75, 3.05) is 13.6 Å². The summed E-state index contributed by atoms with van der Waals surface area (Å²) in [6.07, 6.45) is 6.58. The zero-order chi connectivity index (χ0) is 11.4. The third-order valence-electron chi connectivity index (χ3n) is 2.98. The van der Waals surface area contributed by atoms with Crippen LogP contribution in [0.25, 0.3) is 0 Å². The highest BCUT2D eigenvalue weighted by atomic mass is 16.3. The van der Waals surface area contributed by atoms with Gasteiger partial charge in [0.2, 0.25) is 5.91 Å². The van der Waals surface area contributed by atoms with Gasteiger partial charge in [-0.15, -0.1) is 0 Å². The van der Waals surface area contributed by atoms with E-state index in [0.29, 0.717) is 6.54 Å². The van der Waals surface area contributed by atoms with Crippen LogP contribution in [-0.4, -0.2) is 30.4 Å². The molecule has 1 saturated heterocycles. The molecule has 4 heteroatoms. The van der Waals surface area contributed by atoms with E-state index in [1.807, 2.05) is 13.1 Å². The first-order chi connectivity index (χ1) is 7.77. The number of nitrogens with one attached hydrogen (secondary N) is 1. The van der Waals surface area contributed by atoms with Gasteiger partial charge in [-0.25, -0.2) is 0 Å². The van der Waals surface area contributed by atoms with Crippen LogP contribution in [0.2, 0.25) is 0 Å². The van der Waals surface area contributed by atoms with Crippen LogP contribution in [-0.2, 0) is 11.3 Å². The Balaban J connectivity index is 1.88. The molecule has 4 nitrogen and oxygen atoms in total. The lowest BCUT2D eigenvalue weighted by atomic mass is 10.0. The zero-order valence-electron chi connectivity index (χ0n) is 9.61. The summed E-state index contributed by atoms with van der Waals surface area (Å²) in [5, 5.41) is 3.26. The standard InChI is InChI=1S/C12H18N2O2/c1-14(8-10-5-7-16-9-10)12(15)11-4-2-3-6-13-11/h5,7,9,11,13H,2-4,6,8H2,1H3/t11-/m0/s1. The van der Waals surface area contributed by atoms with Crippen LogP contribution < -0.4 is 5.32 Å². The second kappa shape index (κ2) is 5.16. The van der Waals surface area contributed by atoms with Crippen LogP contribution in [0.1, 0.15) is 24.8 Å². The molecule has 88 valence electrons. The van der Waals surface area contributed by atoms with Gasteiger partial charge in [0.05, 0.1) is 18.6 Å². The number of piperidine rings is 1. The van der Waals surface area contributed by atoms with E-state index < -0.39 is 0 Å². The minimum absolute atomic E-state index is 0.00523. The van der Waals surface area contributed by atoms with Gasteiger partial charge >= 0.3 is 0 Å². The highest BCUT2D eigenvalue weighted by Crippen LogP contribution is 2.11. The van der Waals surface area contributed by atoms with Crippen molar-refractivity contribution in [3.8, 4) is 0 Å². The highest BCUT2D eigenvalue weighted by molar-refractivity contribution is 5.81. The molecule has 1 aliphatic rings. The molecular weight excluding hydrogens is 204 g/mol. The van der Waals surface area contributed by atoms with Crippen molar-refractivity contribution in [3.05, 3.63) is 24.2 Å². The average Bonchev–Trinajstić information content (AvgIpc) is 2.82. The minimum Gasteiger partial charge on any atom is -0.472 e. The maximum Gasteiger partial charge on any atom is 0.239 e. The number of amides is 1. The van der Waals surface area contributed by atoms with Crippen molar-refractivity contribution in [2.24, 2.45) is 0 Å². The van der Waals surface area contributed by atoms with E-state index in [4.69, 9.17) is 4.42 Å². The van der Waals surface area contributed by atoms with Gasteiger partial charge in [0.25, 0.3) is 0 Å². The topological polar surface area (TPSA) is 45.5 Å². The van der Waals surface area contributed by atoms with Gasteiger partial charge in [0.1, 0.15) is 0 Å². The van der Waals surface area contributed by atoms with Gasteiger partial charge < -0.3 is 14.6 Å². The molecule has 0 aliphatic carbocycles. The van der Waals surface area contributed by atoms with E-state index in [0.717, 1.165) is 24.9 Å². The second-order valence-corrected chi connectivity index (χ2v) is 4.33. The number of nitrogens with zero attached hydrogens (tertiary/aromatic N) is 1. The smallest absolute Gasteiger partial charge is 0.239 e. The Morgan fingerprint density at radius 3 is 3.12 bits per heavy atom. The Bertz CT molecular complexity index is 329. The van der Waals surface area contributed by atoms with Crippen LogP contribution in [0, 0.1) is 0 Å². The molecule has 2 rings (SSSR count). The molecule has 1 aliphatic heterocycles. The van der Waals surface area contributed by atoms with Crippen molar-refractivity contribution in [3.63, 3.8) is 0 Å². The molecule has 16 heavy (non-hydrogen) atoms. The Labute approximate surface area is 95.6 Å². The SMILES string of the molecule is CN(Cc1ccoc1)C(=O)[C@@H]1CCCCN1. The molecule has 1 aromatic rings. The molecule has 0 saturated carbocycles. The van der Waals surface area contributed by atoms with Crippen molar-refractivity contribution < 1.29 is 9.21 Å². The summed E-state index contributed by atoms with van der Waals surface area (Å²) in [7, 11) is 1.84. The van der Waals surface area contributed by atoms with E-state index in [1.54, 1.807) is 17.4 Å². The Morgan fingerprint density at radius 2 is 2.50 bits per heavy atom. The molecular formula is C12H18N2O2. The van der Waals surface area contributed by atoms with E-state index in [9.17, 15) is 4.79 Å². The molecule has 0 radical (unpaired) electrons. The normalized spacial score (nSPS) is 20.7. The summed E-state index contributed by atoms with van der Waals surface area (Å²) in [5.74, 6) is 0.181. The number of furan rings is 1. The highest BCUT2D eigenvalue weighted by Gasteiger charge is 2.23. The number of hydrogen-bond acceptors (Lipinski definition) is 3. The molecule has 1 atom stereocenters.